The number of carbonyl (C=O) groups is 1. The minimum Gasteiger partial charge on any atom is -0.444 e. The van der Waals surface area contributed by atoms with E-state index in [1.54, 1.807) is 16.2 Å². The van der Waals surface area contributed by atoms with Gasteiger partial charge in [-0.25, -0.2) is 4.79 Å². The van der Waals surface area contributed by atoms with Crippen LogP contribution in [0.3, 0.4) is 0 Å². The molecule has 2 fully saturated rings. The quantitative estimate of drug-likeness (QED) is 0.863. The summed E-state index contributed by atoms with van der Waals surface area (Å²) in [5.74, 6) is 0. The molecule has 2 aliphatic rings. The third-order valence-corrected chi connectivity index (χ3v) is 4.90. The van der Waals surface area contributed by atoms with Crippen LogP contribution in [0.15, 0.2) is 11.4 Å². The maximum atomic E-state index is 12.1. The molecule has 3 rings (SSSR count). The summed E-state index contributed by atoms with van der Waals surface area (Å²) in [7, 11) is 0. The van der Waals surface area contributed by atoms with E-state index in [1.807, 2.05) is 20.8 Å². The molecule has 1 aromatic heterocycles. The second-order valence-electron chi connectivity index (χ2n) is 7.13. The third kappa shape index (κ3) is 3.00. The van der Waals surface area contributed by atoms with Crippen LogP contribution in [0.25, 0.3) is 0 Å². The fourth-order valence-corrected chi connectivity index (χ4v) is 3.82. The van der Waals surface area contributed by atoms with Gasteiger partial charge in [0.1, 0.15) is 11.2 Å². The summed E-state index contributed by atoms with van der Waals surface area (Å²) in [6.45, 7) is 10.4. The van der Waals surface area contributed by atoms with Crippen LogP contribution in [0, 0.1) is 6.92 Å². The van der Waals surface area contributed by atoms with Crippen molar-refractivity contribution < 1.29 is 14.3 Å². The summed E-state index contributed by atoms with van der Waals surface area (Å²) in [4.78, 5) is 15.2. The number of carbonyl (C=O) groups excluding carboxylic acids is 1. The van der Waals surface area contributed by atoms with E-state index >= 15 is 0 Å². The summed E-state index contributed by atoms with van der Waals surface area (Å²) < 4.78 is 11.5. The molecule has 1 aromatic rings. The van der Waals surface area contributed by atoms with Crippen LogP contribution in [-0.2, 0) is 9.47 Å². The van der Waals surface area contributed by atoms with Crippen LogP contribution in [0.4, 0.5) is 4.79 Å². The van der Waals surface area contributed by atoms with E-state index in [0.717, 1.165) is 6.54 Å². The Morgan fingerprint density at radius 2 is 2.23 bits per heavy atom. The maximum Gasteiger partial charge on any atom is 0.410 e. The van der Waals surface area contributed by atoms with Gasteiger partial charge in [0, 0.05) is 11.4 Å². The Hall–Kier alpha value is -1.11. The normalized spacial score (nSPS) is 24.2. The highest BCUT2D eigenvalue weighted by molar-refractivity contribution is 7.10. The number of rotatable bonds is 1. The fourth-order valence-electron chi connectivity index (χ4n) is 3.09. The van der Waals surface area contributed by atoms with Gasteiger partial charge in [0.15, 0.2) is 0 Å². The number of thiophene rings is 1. The number of hydrogen-bond donors (Lipinski definition) is 1. The third-order valence-electron chi connectivity index (χ3n) is 4.02. The van der Waals surface area contributed by atoms with Gasteiger partial charge in [-0.05, 0) is 44.7 Å². The number of aryl methyl sites for hydroxylation is 1. The van der Waals surface area contributed by atoms with Crippen LogP contribution < -0.4 is 5.32 Å². The lowest BCUT2D eigenvalue weighted by molar-refractivity contribution is -0.176. The number of nitrogens with zero attached hydrogens (tertiary/aromatic N) is 1. The van der Waals surface area contributed by atoms with E-state index in [9.17, 15) is 4.79 Å². The SMILES string of the molecule is Cc1cc(C2NCCOC23CN(C(=O)OC(C)(C)C)C3)cs1. The van der Waals surface area contributed by atoms with E-state index in [0.29, 0.717) is 19.7 Å². The number of ether oxygens (including phenoxy) is 2. The zero-order valence-electron chi connectivity index (χ0n) is 13.6. The van der Waals surface area contributed by atoms with E-state index < -0.39 is 5.60 Å². The van der Waals surface area contributed by atoms with Crippen molar-refractivity contribution in [2.24, 2.45) is 0 Å². The Bertz CT molecular complexity index is 558. The van der Waals surface area contributed by atoms with Crippen LogP contribution >= 0.6 is 11.3 Å². The van der Waals surface area contributed by atoms with Gasteiger partial charge in [0.25, 0.3) is 0 Å². The van der Waals surface area contributed by atoms with Crippen molar-refractivity contribution in [1.82, 2.24) is 10.2 Å². The average Bonchev–Trinajstić information content (AvgIpc) is 2.80. The molecule has 3 heterocycles. The lowest BCUT2D eigenvalue weighted by Crippen LogP contribution is -2.71. The molecule has 1 spiro atoms. The molecule has 5 nitrogen and oxygen atoms in total. The number of morpholine rings is 1. The first kappa shape index (κ1) is 15.8. The average molecular weight is 324 g/mol. The lowest BCUT2D eigenvalue weighted by atomic mass is 9.81. The first-order valence-corrected chi connectivity index (χ1v) is 8.57. The van der Waals surface area contributed by atoms with Crippen molar-refractivity contribution in [3.05, 3.63) is 21.9 Å². The second kappa shape index (κ2) is 5.51. The van der Waals surface area contributed by atoms with Crippen LogP contribution in [0.2, 0.25) is 0 Å². The first-order chi connectivity index (χ1) is 10.3. The Balaban J connectivity index is 1.69. The number of hydrogen-bond acceptors (Lipinski definition) is 5. The summed E-state index contributed by atoms with van der Waals surface area (Å²) in [5, 5.41) is 5.73. The highest BCUT2D eigenvalue weighted by atomic mass is 32.1. The fraction of sp³-hybridized carbons (Fsp3) is 0.688. The molecule has 0 aliphatic carbocycles. The number of likely N-dealkylation sites (tertiary alicyclic amines) is 1. The van der Waals surface area contributed by atoms with Gasteiger partial charge in [0.2, 0.25) is 0 Å². The molecule has 1 amide bonds. The predicted molar refractivity (Wildman–Crippen MR) is 86.3 cm³/mol. The van der Waals surface area contributed by atoms with E-state index in [-0.39, 0.29) is 17.7 Å². The standard InChI is InChI=1S/C16H24N2O3S/c1-11-7-12(8-22-11)13-16(20-6-5-17-13)9-18(10-16)14(19)21-15(2,3)4/h7-8,13,17H,5-6,9-10H2,1-4H3. The van der Waals surface area contributed by atoms with Gasteiger partial charge in [-0.3, -0.25) is 0 Å². The second-order valence-corrected chi connectivity index (χ2v) is 8.24. The molecule has 22 heavy (non-hydrogen) atoms. The van der Waals surface area contributed by atoms with Gasteiger partial charge in [-0.2, -0.15) is 0 Å². The van der Waals surface area contributed by atoms with E-state index in [1.165, 1.54) is 10.4 Å². The first-order valence-electron chi connectivity index (χ1n) is 7.69. The monoisotopic (exact) mass is 324 g/mol. The van der Waals surface area contributed by atoms with Crippen molar-refractivity contribution in [3.8, 4) is 0 Å². The highest BCUT2D eigenvalue weighted by Gasteiger charge is 2.54. The van der Waals surface area contributed by atoms with Gasteiger partial charge >= 0.3 is 6.09 Å². The zero-order valence-corrected chi connectivity index (χ0v) is 14.5. The minimum atomic E-state index is -0.463. The van der Waals surface area contributed by atoms with Crippen LogP contribution in [0.5, 0.6) is 0 Å². The number of nitrogens with one attached hydrogen (secondary N) is 1. The molecular weight excluding hydrogens is 300 g/mol. The Morgan fingerprint density at radius 3 is 2.82 bits per heavy atom. The van der Waals surface area contributed by atoms with E-state index in [4.69, 9.17) is 9.47 Å². The molecule has 1 N–H and O–H groups in total. The maximum absolute atomic E-state index is 12.1. The van der Waals surface area contributed by atoms with Gasteiger partial charge in [0.05, 0.1) is 25.7 Å². The molecule has 1 atom stereocenters. The van der Waals surface area contributed by atoms with Crippen molar-refractivity contribution >= 4 is 17.4 Å². The highest BCUT2D eigenvalue weighted by Crippen LogP contribution is 2.41. The van der Waals surface area contributed by atoms with Crippen LogP contribution in [-0.4, -0.2) is 48.4 Å². The largest absolute Gasteiger partial charge is 0.444 e. The van der Waals surface area contributed by atoms with Crippen molar-refractivity contribution in [2.45, 2.75) is 44.9 Å². The molecule has 0 saturated carbocycles. The molecule has 2 aliphatic heterocycles. The summed E-state index contributed by atoms with van der Waals surface area (Å²) in [5.41, 5.74) is 0.476. The van der Waals surface area contributed by atoms with Gasteiger partial charge < -0.3 is 19.7 Å². The van der Waals surface area contributed by atoms with Crippen LogP contribution in [0.1, 0.15) is 37.3 Å². The summed E-state index contributed by atoms with van der Waals surface area (Å²) in [6.07, 6.45) is -0.257. The van der Waals surface area contributed by atoms with E-state index in [2.05, 4.69) is 23.7 Å². The molecule has 0 bridgehead atoms. The minimum absolute atomic E-state index is 0.143. The Kier molecular flexibility index (Phi) is 3.95. The smallest absolute Gasteiger partial charge is 0.410 e. The Morgan fingerprint density at radius 1 is 1.50 bits per heavy atom. The molecular formula is C16H24N2O3S. The topological polar surface area (TPSA) is 50.8 Å². The molecule has 2 saturated heterocycles. The van der Waals surface area contributed by atoms with Crippen molar-refractivity contribution in [3.63, 3.8) is 0 Å². The van der Waals surface area contributed by atoms with Crippen molar-refractivity contribution in [1.29, 1.82) is 0 Å². The molecule has 122 valence electrons. The molecule has 0 radical (unpaired) electrons. The van der Waals surface area contributed by atoms with Gasteiger partial charge in [-0.15, -0.1) is 11.3 Å². The Labute approximate surface area is 135 Å². The van der Waals surface area contributed by atoms with Gasteiger partial charge in [-0.1, -0.05) is 0 Å². The molecule has 1 unspecified atom stereocenters. The number of amides is 1. The molecule has 6 heteroatoms. The zero-order chi connectivity index (χ0) is 16.0. The summed E-state index contributed by atoms with van der Waals surface area (Å²) >= 11 is 1.75. The molecule has 0 aromatic carbocycles. The summed E-state index contributed by atoms with van der Waals surface area (Å²) in [6, 6.07) is 2.35. The predicted octanol–water partition coefficient (Wildman–Crippen LogP) is 2.71. The lowest BCUT2D eigenvalue weighted by Gasteiger charge is -2.55. The van der Waals surface area contributed by atoms with Crippen molar-refractivity contribution in [2.75, 3.05) is 26.2 Å².